The third-order valence-electron chi connectivity index (χ3n) is 4.64. The van der Waals surface area contributed by atoms with Crippen LogP contribution in [0.25, 0.3) is 0 Å². The number of hydrogen-bond donors (Lipinski definition) is 1. The highest BCUT2D eigenvalue weighted by Gasteiger charge is 2.39. The average Bonchev–Trinajstić information content (AvgIpc) is 2.71. The average molecular weight is 460 g/mol. The van der Waals surface area contributed by atoms with Gasteiger partial charge in [0.15, 0.2) is 0 Å². The molecule has 1 atom stereocenters. The van der Waals surface area contributed by atoms with Gasteiger partial charge in [-0.1, -0.05) is 53.1 Å². The van der Waals surface area contributed by atoms with Gasteiger partial charge >= 0.3 is 7.60 Å². The van der Waals surface area contributed by atoms with E-state index in [4.69, 9.17) is 9.05 Å². The van der Waals surface area contributed by atoms with Gasteiger partial charge in [0.2, 0.25) is 10.0 Å². The maximum absolute atomic E-state index is 13.8. The van der Waals surface area contributed by atoms with Gasteiger partial charge in [0.1, 0.15) is 17.3 Å². The number of hydrogen-bond acceptors (Lipinski definition) is 5. The molecule has 3 aromatic carbocycles. The molecule has 0 aliphatic carbocycles. The Morgan fingerprint density at radius 2 is 1.06 bits per heavy atom. The molecule has 6 nitrogen and oxygen atoms in total. The van der Waals surface area contributed by atoms with Gasteiger partial charge in [-0.15, -0.1) is 0 Å². The predicted molar refractivity (Wildman–Crippen MR) is 122 cm³/mol. The largest absolute Gasteiger partial charge is 0.448 e. The normalized spacial score (nSPS) is 12.9. The lowest BCUT2D eigenvalue weighted by molar-refractivity contribution is 0.370. The molecule has 1 unspecified atom stereocenters. The van der Waals surface area contributed by atoms with E-state index in [9.17, 15) is 13.0 Å². The highest BCUT2D eigenvalue weighted by atomic mass is 32.2. The fraction of sp³-hybridized carbons (Fsp3) is 0.217. The minimum absolute atomic E-state index is 0.0715. The molecule has 0 spiro atoms. The standard InChI is InChI=1S/C23H26NO5PS/c1-17-5-11-21(12-6-17)28-30(25,29-22-13-7-18(2)8-14-22)20(4)24-31(26,27)23-15-9-19(3)10-16-23/h5-16,20,24H,1-4H3. The lowest BCUT2D eigenvalue weighted by atomic mass is 10.2. The van der Waals surface area contributed by atoms with Crippen molar-refractivity contribution in [3.63, 3.8) is 0 Å². The number of aryl methyl sites for hydroxylation is 3. The highest BCUT2D eigenvalue weighted by molar-refractivity contribution is 7.89. The first-order valence-corrected chi connectivity index (χ1v) is 12.9. The minimum atomic E-state index is -4.00. The molecule has 0 bridgehead atoms. The Labute approximate surface area is 183 Å². The number of benzene rings is 3. The zero-order chi connectivity index (χ0) is 22.6. The van der Waals surface area contributed by atoms with E-state index in [1.165, 1.54) is 19.1 Å². The maximum Gasteiger partial charge on any atom is 0.448 e. The van der Waals surface area contributed by atoms with Crippen LogP contribution in [0.2, 0.25) is 0 Å². The summed E-state index contributed by atoms with van der Waals surface area (Å²) < 4.78 is 53.5. The number of sulfonamides is 1. The van der Waals surface area contributed by atoms with Crippen LogP contribution in [0.3, 0.4) is 0 Å². The molecule has 0 aromatic heterocycles. The van der Waals surface area contributed by atoms with Crippen LogP contribution in [0, 0.1) is 20.8 Å². The maximum atomic E-state index is 13.8. The second-order valence-electron chi connectivity index (χ2n) is 7.46. The zero-order valence-corrected chi connectivity index (χ0v) is 19.6. The van der Waals surface area contributed by atoms with Crippen molar-refractivity contribution in [3.8, 4) is 11.5 Å². The summed E-state index contributed by atoms with van der Waals surface area (Å²) in [7, 11) is -7.94. The summed E-state index contributed by atoms with van der Waals surface area (Å²) in [6.45, 7) is 7.18. The van der Waals surface area contributed by atoms with E-state index in [0.717, 1.165) is 16.7 Å². The van der Waals surface area contributed by atoms with Crippen molar-refractivity contribution in [1.29, 1.82) is 0 Å². The molecule has 3 rings (SSSR count). The molecule has 0 amide bonds. The fourth-order valence-corrected chi connectivity index (χ4v) is 5.94. The molecule has 0 saturated carbocycles. The van der Waals surface area contributed by atoms with Crippen LogP contribution >= 0.6 is 7.60 Å². The van der Waals surface area contributed by atoms with E-state index < -0.39 is 23.4 Å². The second kappa shape index (κ2) is 9.27. The molecular formula is C23H26NO5PS. The first kappa shape index (κ1) is 23.1. The summed E-state index contributed by atoms with van der Waals surface area (Å²) in [6.07, 6.45) is 0. The lowest BCUT2D eigenvalue weighted by Crippen LogP contribution is -2.35. The smallest absolute Gasteiger partial charge is 0.415 e. The van der Waals surface area contributed by atoms with Crippen molar-refractivity contribution in [2.45, 2.75) is 38.4 Å². The number of nitrogens with one attached hydrogen (secondary N) is 1. The molecule has 8 heteroatoms. The molecule has 0 aliphatic rings. The van der Waals surface area contributed by atoms with Crippen molar-refractivity contribution < 1.29 is 22.0 Å². The Hall–Kier alpha value is -2.60. The summed E-state index contributed by atoms with van der Waals surface area (Å²) in [5.74, 6) is -0.508. The van der Waals surface area contributed by atoms with E-state index in [0.29, 0.717) is 11.5 Å². The minimum Gasteiger partial charge on any atom is -0.415 e. The van der Waals surface area contributed by atoms with E-state index >= 15 is 0 Å². The Morgan fingerprint density at radius 3 is 1.45 bits per heavy atom. The van der Waals surface area contributed by atoms with Gasteiger partial charge in [-0.05, 0) is 64.1 Å². The van der Waals surface area contributed by atoms with Crippen LogP contribution in [0.1, 0.15) is 23.6 Å². The number of rotatable bonds is 8. The van der Waals surface area contributed by atoms with Gasteiger partial charge in [-0.2, -0.15) is 4.72 Å². The van der Waals surface area contributed by atoms with Gasteiger partial charge in [-0.3, -0.25) is 0 Å². The van der Waals surface area contributed by atoms with Gasteiger partial charge in [0.25, 0.3) is 0 Å². The Morgan fingerprint density at radius 1 is 0.710 bits per heavy atom. The first-order valence-electron chi connectivity index (χ1n) is 9.79. The molecule has 1 N–H and O–H groups in total. The van der Waals surface area contributed by atoms with Crippen molar-refractivity contribution in [2.75, 3.05) is 0 Å². The third-order valence-corrected chi connectivity index (χ3v) is 8.38. The Bertz CT molecular complexity index is 1120. The Kier molecular flexibility index (Phi) is 6.90. The lowest BCUT2D eigenvalue weighted by Gasteiger charge is -2.26. The van der Waals surface area contributed by atoms with Crippen LogP contribution in [-0.4, -0.2) is 14.2 Å². The first-order chi connectivity index (χ1) is 14.6. The Balaban J connectivity index is 1.91. The van der Waals surface area contributed by atoms with E-state index in [2.05, 4.69) is 4.72 Å². The SMILES string of the molecule is Cc1ccc(OP(=O)(Oc2ccc(C)cc2)C(C)NS(=O)(=O)c2ccc(C)cc2)cc1. The van der Waals surface area contributed by atoms with Crippen molar-refractivity contribution in [2.24, 2.45) is 0 Å². The quantitative estimate of drug-likeness (QED) is 0.444. The zero-order valence-electron chi connectivity index (χ0n) is 17.9. The van der Waals surface area contributed by atoms with Crippen molar-refractivity contribution >= 4 is 17.6 Å². The van der Waals surface area contributed by atoms with Crippen LogP contribution in [-0.2, 0) is 14.6 Å². The topological polar surface area (TPSA) is 81.7 Å². The van der Waals surface area contributed by atoms with Crippen molar-refractivity contribution in [3.05, 3.63) is 89.5 Å². The van der Waals surface area contributed by atoms with Crippen LogP contribution in [0.4, 0.5) is 0 Å². The third kappa shape index (κ3) is 5.97. The van der Waals surface area contributed by atoms with Crippen LogP contribution in [0.5, 0.6) is 11.5 Å². The van der Waals surface area contributed by atoms with E-state index in [1.807, 2.05) is 45.0 Å². The summed E-state index contributed by atoms with van der Waals surface area (Å²) in [5.41, 5.74) is 2.95. The molecule has 0 fully saturated rings. The summed E-state index contributed by atoms with van der Waals surface area (Å²) >= 11 is 0. The molecule has 0 aliphatic heterocycles. The van der Waals surface area contributed by atoms with Crippen LogP contribution < -0.4 is 13.8 Å². The van der Waals surface area contributed by atoms with Gasteiger partial charge in [-0.25, -0.2) is 13.0 Å². The molecular weight excluding hydrogens is 433 g/mol. The van der Waals surface area contributed by atoms with Gasteiger partial charge in [0.05, 0.1) is 4.90 Å². The van der Waals surface area contributed by atoms with Gasteiger partial charge in [0, 0.05) is 0 Å². The van der Waals surface area contributed by atoms with Crippen molar-refractivity contribution in [1.82, 2.24) is 4.72 Å². The molecule has 31 heavy (non-hydrogen) atoms. The van der Waals surface area contributed by atoms with E-state index in [-0.39, 0.29) is 4.90 Å². The van der Waals surface area contributed by atoms with E-state index in [1.54, 1.807) is 36.4 Å². The predicted octanol–water partition coefficient (Wildman–Crippen LogP) is 5.59. The molecule has 3 aromatic rings. The molecule has 0 saturated heterocycles. The molecule has 164 valence electrons. The second-order valence-corrected chi connectivity index (χ2v) is 11.4. The van der Waals surface area contributed by atoms with Gasteiger partial charge < -0.3 is 9.05 Å². The summed E-state index contributed by atoms with van der Waals surface area (Å²) in [4.78, 5) is 0.0715. The van der Waals surface area contributed by atoms with Crippen LogP contribution in [0.15, 0.2) is 77.7 Å². The summed E-state index contributed by atoms with van der Waals surface area (Å²) in [5, 5.41) is 0. The fourth-order valence-electron chi connectivity index (χ4n) is 2.74. The molecule has 0 radical (unpaired) electrons. The summed E-state index contributed by atoms with van der Waals surface area (Å²) in [6, 6.07) is 20.3. The monoisotopic (exact) mass is 459 g/mol. The highest BCUT2D eigenvalue weighted by Crippen LogP contribution is 2.52. The molecule has 0 heterocycles.